The Morgan fingerprint density at radius 3 is 2.38 bits per heavy atom. The van der Waals surface area contributed by atoms with Crippen LogP contribution in [0.5, 0.6) is 0 Å². The Morgan fingerprint density at radius 1 is 1.00 bits per heavy atom. The Hall–Kier alpha value is -2.19. The summed E-state index contributed by atoms with van der Waals surface area (Å²) in [5.41, 5.74) is 2.13. The highest BCUT2D eigenvalue weighted by molar-refractivity contribution is 7.89. The summed E-state index contributed by atoms with van der Waals surface area (Å²) >= 11 is 5.86. The smallest absolute Gasteiger partial charge is 0.336 e. The number of rotatable bonds is 4. The largest absolute Gasteiger partial charge is 0.423 e. The van der Waals surface area contributed by atoms with Crippen molar-refractivity contribution >= 4 is 32.6 Å². The first kappa shape index (κ1) is 20.1. The molecule has 1 aliphatic rings. The maximum atomic E-state index is 12.8. The maximum Gasteiger partial charge on any atom is 0.336 e. The van der Waals surface area contributed by atoms with Crippen molar-refractivity contribution in [2.45, 2.75) is 18.4 Å². The van der Waals surface area contributed by atoms with Crippen LogP contribution in [0.25, 0.3) is 11.0 Å². The zero-order valence-electron chi connectivity index (χ0n) is 16.0. The molecule has 152 valence electrons. The maximum absolute atomic E-state index is 12.8. The number of hydrogen-bond acceptors (Lipinski definition) is 5. The minimum absolute atomic E-state index is 0.248. The molecule has 8 heteroatoms. The van der Waals surface area contributed by atoms with Gasteiger partial charge in [0.2, 0.25) is 10.0 Å². The summed E-state index contributed by atoms with van der Waals surface area (Å²) in [4.78, 5) is 14.3. The molecule has 4 rings (SSSR count). The van der Waals surface area contributed by atoms with Crippen LogP contribution in [-0.4, -0.2) is 43.8 Å². The molecular formula is C21H21ClN2O4S. The lowest BCUT2D eigenvalue weighted by Crippen LogP contribution is -2.48. The van der Waals surface area contributed by atoms with Crippen LogP contribution in [0, 0.1) is 6.92 Å². The SMILES string of the molecule is Cc1ccc2c(CN3CCN(S(=O)(=O)c4ccc(Cl)cc4)CC3)cc(=O)oc2c1. The van der Waals surface area contributed by atoms with Crippen LogP contribution in [0.3, 0.4) is 0 Å². The topological polar surface area (TPSA) is 70.8 Å². The second-order valence-electron chi connectivity index (χ2n) is 7.22. The first-order chi connectivity index (χ1) is 13.8. The molecule has 6 nitrogen and oxygen atoms in total. The number of halogens is 1. The van der Waals surface area contributed by atoms with Crippen molar-refractivity contribution in [3.05, 3.63) is 75.1 Å². The third-order valence-electron chi connectivity index (χ3n) is 5.16. The number of nitrogens with zero attached hydrogens (tertiary/aromatic N) is 2. The van der Waals surface area contributed by atoms with Crippen molar-refractivity contribution < 1.29 is 12.8 Å². The molecule has 0 N–H and O–H groups in total. The van der Waals surface area contributed by atoms with E-state index in [1.54, 1.807) is 12.1 Å². The predicted molar refractivity (Wildman–Crippen MR) is 113 cm³/mol. The molecule has 1 fully saturated rings. The number of hydrogen-bond donors (Lipinski definition) is 0. The molecule has 0 radical (unpaired) electrons. The zero-order valence-corrected chi connectivity index (χ0v) is 17.5. The van der Waals surface area contributed by atoms with Crippen LogP contribution >= 0.6 is 11.6 Å². The van der Waals surface area contributed by atoms with E-state index in [-0.39, 0.29) is 10.5 Å². The van der Waals surface area contributed by atoms with Gasteiger partial charge in [-0.2, -0.15) is 4.31 Å². The van der Waals surface area contributed by atoms with Gasteiger partial charge in [0, 0.05) is 49.2 Å². The highest BCUT2D eigenvalue weighted by atomic mass is 35.5. The summed E-state index contributed by atoms with van der Waals surface area (Å²) in [5, 5.41) is 1.41. The van der Waals surface area contributed by atoms with Crippen molar-refractivity contribution in [3.63, 3.8) is 0 Å². The first-order valence-electron chi connectivity index (χ1n) is 9.34. The zero-order chi connectivity index (χ0) is 20.6. The van der Waals surface area contributed by atoms with Crippen LogP contribution in [0.4, 0.5) is 0 Å². The standard InChI is InChI=1S/C21H21ClN2O4S/c1-15-2-7-19-16(13-21(25)28-20(19)12-15)14-23-8-10-24(11-9-23)29(26,27)18-5-3-17(22)4-6-18/h2-7,12-13H,8-11,14H2,1H3. The lowest BCUT2D eigenvalue weighted by Gasteiger charge is -2.34. The van der Waals surface area contributed by atoms with Crippen LogP contribution in [0.2, 0.25) is 5.02 Å². The fourth-order valence-corrected chi connectivity index (χ4v) is 5.14. The predicted octanol–water partition coefficient (Wildman–Crippen LogP) is 3.26. The van der Waals surface area contributed by atoms with E-state index in [1.807, 2.05) is 25.1 Å². The highest BCUT2D eigenvalue weighted by Crippen LogP contribution is 2.23. The summed E-state index contributed by atoms with van der Waals surface area (Å²) < 4.78 is 32.5. The molecule has 1 aromatic heterocycles. The lowest BCUT2D eigenvalue weighted by atomic mass is 10.1. The summed E-state index contributed by atoms with van der Waals surface area (Å²) in [6.07, 6.45) is 0. The van der Waals surface area contributed by atoms with E-state index in [0.717, 1.165) is 16.5 Å². The number of aryl methyl sites for hydroxylation is 1. The van der Waals surface area contributed by atoms with Gasteiger partial charge < -0.3 is 4.42 Å². The van der Waals surface area contributed by atoms with Gasteiger partial charge in [-0.25, -0.2) is 13.2 Å². The highest BCUT2D eigenvalue weighted by Gasteiger charge is 2.28. The fraction of sp³-hybridized carbons (Fsp3) is 0.286. The van der Waals surface area contributed by atoms with Gasteiger partial charge in [-0.05, 0) is 48.4 Å². The van der Waals surface area contributed by atoms with Gasteiger partial charge in [0.25, 0.3) is 0 Å². The molecular weight excluding hydrogens is 412 g/mol. The first-order valence-corrected chi connectivity index (χ1v) is 11.2. The Bertz CT molecular complexity index is 1200. The molecule has 0 spiro atoms. The monoisotopic (exact) mass is 432 g/mol. The summed E-state index contributed by atoms with van der Waals surface area (Å²) in [7, 11) is -3.54. The molecule has 0 atom stereocenters. The van der Waals surface area contributed by atoms with Crippen LogP contribution in [0.1, 0.15) is 11.1 Å². The number of fused-ring (bicyclic) bond motifs is 1. The van der Waals surface area contributed by atoms with Gasteiger partial charge >= 0.3 is 5.63 Å². The number of piperazine rings is 1. The van der Waals surface area contributed by atoms with Crippen molar-refractivity contribution in [2.24, 2.45) is 0 Å². The van der Waals surface area contributed by atoms with Crippen LogP contribution in [-0.2, 0) is 16.6 Å². The van der Waals surface area contributed by atoms with Gasteiger partial charge in [0.05, 0.1) is 4.90 Å². The number of benzene rings is 2. The average Bonchev–Trinajstić information content (AvgIpc) is 2.68. The van der Waals surface area contributed by atoms with Gasteiger partial charge in [0.15, 0.2) is 0 Å². The lowest BCUT2D eigenvalue weighted by molar-refractivity contribution is 0.182. The molecule has 2 heterocycles. The van der Waals surface area contributed by atoms with Gasteiger partial charge in [0.1, 0.15) is 5.58 Å². The number of sulfonamides is 1. The van der Waals surface area contributed by atoms with Gasteiger partial charge in [-0.3, -0.25) is 4.90 Å². The summed E-state index contributed by atoms with van der Waals surface area (Å²) in [5.74, 6) is 0. The quantitative estimate of drug-likeness (QED) is 0.592. The van der Waals surface area contributed by atoms with E-state index in [2.05, 4.69) is 4.90 Å². The van der Waals surface area contributed by atoms with E-state index < -0.39 is 10.0 Å². The van der Waals surface area contributed by atoms with E-state index in [0.29, 0.717) is 43.3 Å². The average molecular weight is 433 g/mol. The Morgan fingerprint density at radius 2 is 1.69 bits per heavy atom. The second-order valence-corrected chi connectivity index (χ2v) is 9.60. The molecule has 1 saturated heterocycles. The normalized spacial score (nSPS) is 16.3. The molecule has 0 saturated carbocycles. The van der Waals surface area contributed by atoms with Crippen molar-refractivity contribution in [1.82, 2.24) is 9.21 Å². The minimum atomic E-state index is -3.54. The Labute approximate surface area is 174 Å². The third-order valence-corrected chi connectivity index (χ3v) is 7.33. The molecule has 0 unspecified atom stereocenters. The molecule has 2 aromatic carbocycles. The molecule has 29 heavy (non-hydrogen) atoms. The van der Waals surface area contributed by atoms with Crippen LogP contribution < -0.4 is 5.63 Å². The van der Waals surface area contributed by atoms with E-state index in [9.17, 15) is 13.2 Å². The Kier molecular flexibility index (Phi) is 5.48. The molecule has 3 aromatic rings. The van der Waals surface area contributed by atoms with E-state index in [1.165, 1.54) is 22.5 Å². The second kappa shape index (κ2) is 7.91. The summed E-state index contributed by atoms with van der Waals surface area (Å²) in [6.45, 7) is 4.47. The van der Waals surface area contributed by atoms with Crippen molar-refractivity contribution in [1.29, 1.82) is 0 Å². The Balaban J connectivity index is 1.49. The van der Waals surface area contributed by atoms with Crippen molar-refractivity contribution in [3.8, 4) is 0 Å². The summed E-state index contributed by atoms with van der Waals surface area (Å²) in [6, 6.07) is 13.6. The van der Waals surface area contributed by atoms with Gasteiger partial charge in [-0.15, -0.1) is 0 Å². The van der Waals surface area contributed by atoms with E-state index >= 15 is 0 Å². The molecule has 0 amide bonds. The molecule has 0 aliphatic carbocycles. The molecule has 0 bridgehead atoms. The van der Waals surface area contributed by atoms with Gasteiger partial charge in [-0.1, -0.05) is 23.7 Å². The third kappa shape index (κ3) is 4.23. The molecule has 1 aliphatic heterocycles. The minimum Gasteiger partial charge on any atom is -0.423 e. The van der Waals surface area contributed by atoms with E-state index in [4.69, 9.17) is 16.0 Å². The fourth-order valence-electron chi connectivity index (χ4n) is 3.59. The van der Waals surface area contributed by atoms with Crippen molar-refractivity contribution in [2.75, 3.05) is 26.2 Å². The van der Waals surface area contributed by atoms with Crippen LogP contribution in [0.15, 0.2) is 62.6 Å².